The second kappa shape index (κ2) is 6.42. The van der Waals surface area contributed by atoms with Crippen molar-refractivity contribution in [2.45, 2.75) is 33.2 Å². The summed E-state index contributed by atoms with van der Waals surface area (Å²) in [6, 6.07) is 9.11. The summed E-state index contributed by atoms with van der Waals surface area (Å²) in [6.45, 7) is 7.35. The van der Waals surface area contributed by atoms with Crippen LogP contribution >= 0.6 is 11.3 Å². The lowest BCUT2D eigenvalue weighted by atomic mass is 10.1. The van der Waals surface area contributed by atoms with Crippen LogP contribution in [0.1, 0.15) is 36.0 Å². The number of nitrogens with zero attached hydrogens (tertiary/aromatic N) is 1. The first-order valence-corrected chi connectivity index (χ1v) is 8.07. The zero-order valence-electron chi connectivity index (χ0n) is 13.6. The Bertz CT molecular complexity index is 714. The van der Waals surface area contributed by atoms with Gasteiger partial charge in [-0.1, -0.05) is 17.7 Å². The van der Waals surface area contributed by atoms with Crippen molar-refractivity contribution in [2.24, 2.45) is 0 Å². The smallest absolute Gasteiger partial charge is 0.412 e. The Balaban J connectivity index is 2.31. The van der Waals surface area contributed by atoms with Gasteiger partial charge in [-0.05, 0) is 51.3 Å². The number of carbonyl (C=O) groups excluding carboxylic acids is 1. The quantitative estimate of drug-likeness (QED) is 0.863. The van der Waals surface area contributed by atoms with Crippen LogP contribution in [0.15, 0.2) is 35.7 Å². The second-order valence-corrected chi connectivity index (χ2v) is 7.16. The molecule has 0 radical (unpaired) electrons. The minimum atomic E-state index is -1.08. The van der Waals surface area contributed by atoms with Crippen LogP contribution in [0.2, 0.25) is 0 Å². The molecule has 2 N–H and O–H groups in total. The largest absolute Gasteiger partial charge is 0.465 e. The molecule has 0 atom stereocenters. The Kier molecular flexibility index (Phi) is 4.75. The molecule has 2 aromatic rings. The molecule has 1 aromatic heterocycles. The fourth-order valence-corrected chi connectivity index (χ4v) is 3.00. The normalized spacial score (nSPS) is 11.1. The third-order valence-corrected chi connectivity index (χ3v) is 4.17. The van der Waals surface area contributed by atoms with E-state index in [1.165, 1.54) is 16.2 Å². The lowest BCUT2D eigenvalue weighted by Crippen LogP contribution is -2.45. The van der Waals surface area contributed by atoms with Crippen molar-refractivity contribution >= 4 is 34.7 Å². The van der Waals surface area contributed by atoms with E-state index in [-0.39, 0.29) is 5.91 Å². The van der Waals surface area contributed by atoms with Crippen LogP contribution in [0.5, 0.6) is 0 Å². The van der Waals surface area contributed by atoms with Gasteiger partial charge >= 0.3 is 6.09 Å². The summed E-state index contributed by atoms with van der Waals surface area (Å²) < 4.78 is 0. The third-order valence-electron chi connectivity index (χ3n) is 3.26. The van der Waals surface area contributed by atoms with Gasteiger partial charge in [-0.3, -0.25) is 9.69 Å². The summed E-state index contributed by atoms with van der Waals surface area (Å²) >= 11 is 1.22. The number of rotatable bonds is 3. The number of nitrogens with one attached hydrogen (secondary N) is 1. The molecule has 1 aromatic carbocycles. The third kappa shape index (κ3) is 3.90. The number of carbonyl (C=O) groups is 2. The Morgan fingerprint density at radius 1 is 1.13 bits per heavy atom. The average Bonchev–Trinajstić information content (AvgIpc) is 2.88. The van der Waals surface area contributed by atoms with Gasteiger partial charge < -0.3 is 10.4 Å². The van der Waals surface area contributed by atoms with Crippen molar-refractivity contribution in [2.75, 3.05) is 10.2 Å². The topological polar surface area (TPSA) is 69.6 Å². The number of carboxylic acid groups (broad SMARTS) is 1. The van der Waals surface area contributed by atoms with Crippen LogP contribution in [-0.2, 0) is 0 Å². The van der Waals surface area contributed by atoms with Gasteiger partial charge in [0.05, 0.1) is 5.69 Å². The van der Waals surface area contributed by atoms with Crippen LogP contribution in [0.25, 0.3) is 0 Å². The monoisotopic (exact) mass is 332 g/mol. The molecular weight excluding hydrogens is 312 g/mol. The molecule has 1 heterocycles. The maximum atomic E-state index is 12.5. The first kappa shape index (κ1) is 17.0. The molecule has 0 saturated heterocycles. The number of aryl methyl sites for hydroxylation is 1. The molecule has 23 heavy (non-hydrogen) atoms. The van der Waals surface area contributed by atoms with E-state index in [9.17, 15) is 14.7 Å². The van der Waals surface area contributed by atoms with Gasteiger partial charge in [0.2, 0.25) is 0 Å². The molecule has 0 aliphatic heterocycles. The Morgan fingerprint density at radius 2 is 1.74 bits per heavy atom. The van der Waals surface area contributed by atoms with Crippen molar-refractivity contribution in [3.8, 4) is 0 Å². The number of hydrogen-bond donors (Lipinski definition) is 2. The average molecular weight is 332 g/mol. The molecule has 0 aliphatic carbocycles. The number of anilines is 2. The van der Waals surface area contributed by atoms with E-state index in [4.69, 9.17) is 0 Å². The van der Waals surface area contributed by atoms with Crippen molar-refractivity contribution < 1.29 is 14.7 Å². The number of hydrogen-bond acceptors (Lipinski definition) is 3. The summed E-state index contributed by atoms with van der Waals surface area (Å²) in [5, 5.41) is 14.0. The van der Waals surface area contributed by atoms with Crippen LogP contribution in [0.4, 0.5) is 16.2 Å². The van der Waals surface area contributed by atoms with E-state index in [0.717, 1.165) is 5.56 Å². The van der Waals surface area contributed by atoms with Gasteiger partial charge in [-0.25, -0.2) is 4.79 Å². The van der Waals surface area contributed by atoms with E-state index in [1.807, 2.05) is 31.2 Å². The first-order chi connectivity index (χ1) is 10.7. The molecular formula is C17H20N2O3S. The zero-order chi connectivity index (χ0) is 17.2. The summed E-state index contributed by atoms with van der Waals surface area (Å²) in [5.74, 6) is -0.311. The van der Waals surface area contributed by atoms with Crippen LogP contribution in [-0.4, -0.2) is 22.6 Å². The molecule has 0 saturated carbocycles. The highest BCUT2D eigenvalue weighted by Crippen LogP contribution is 2.32. The fourth-order valence-electron chi connectivity index (χ4n) is 2.22. The molecule has 0 fully saturated rings. The SMILES string of the molecule is Cc1ccc(NC(=O)c2sccc2N(C(=O)O)C(C)(C)C)cc1. The first-order valence-electron chi connectivity index (χ1n) is 7.19. The Labute approximate surface area is 139 Å². The molecule has 6 heteroatoms. The Morgan fingerprint density at radius 3 is 2.26 bits per heavy atom. The second-order valence-electron chi connectivity index (χ2n) is 6.24. The summed E-state index contributed by atoms with van der Waals surface area (Å²) in [5.41, 5.74) is 1.54. The van der Waals surface area contributed by atoms with E-state index in [1.54, 1.807) is 32.2 Å². The Hall–Kier alpha value is -2.34. The molecule has 2 rings (SSSR count). The van der Waals surface area contributed by atoms with E-state index in [2.05, 4.69) is 5.32 Å². The summed E-state index contributed by atoms with van der Waals surface area (Å²) in [4.78, 5) is 25.7. The van der Waals surface area contributed by atoms with Crippen molar-refractivity contribution in [1.82, 2.24) is 0 Å². The van der Waals surface area contributed by atoms with Gasteiger partial charge in [-0.15, -0.1) is 11.3 Å². The number of amides is 2. The predicted molar refractivity (Wildman–Crippen MR) is 93.7 cm³/mol. The number of thiophene rings is 1. The molecule has 0 unspecified atom stereocenters. The van der Waals surface area contributed by atoms with Gasteiger partial charge in [0.25, 0.3) is 5.91 Å². The molecule has 0 aliphatic rings. The van der Waals surface area contributed by atoms with Gasteiger partial charge in [0, 0.05) is 11.2 Å². The molecule has 0 bridgehead atoms. The van der Waals surface area contributed by atoms with Crippen LogP contribution < -0.4 is 10.2 Å². The van der Waals surface area contributed by atoms with Crippen molar-refractivity contribution in [3.05, 3.63) is 46.2 Å². The summed E-state index contributed by atoms with van der Waals surface area (Å²) in [7, 11) is 0. The minimum Gasteiger partial charge on any atom is -0.465 e. The lowest BCUT2D eigenvalue weighted by molar-refractivity contribution is 0.103. The zero-order valence-corrected chi connectivity index (χ0v) is 14.4. The molecule has 5 nitrogen and oxygen atoms in total. The lowest BCUT2D eigenvalue weighted by Gasteiger charge is -2.33. The van der Waals surface area contributed by atoms with Crippen molar-refractivity contribution in [3.63, 3.8) is 0 Å². The van der Waals surface area contributed by atoms with E-state index >= 15 is 0 Å². The van der Waals surface area contributed by atoms with Gasteiger partial charge in [-0.2, -0.15) is 0 Å². The summed E-state index contributed by atoms with van der Waals surface area (Å²) in [6.07, 6.45) is -1.08. The highest BCUT2D eigenvalue weighted by molar-refractivity contribution is 7.12. The van der Waals surface area contributed by atoms with E-state index in [0.29, 0.717) is 16.3 Å². The van der Waals surface area contributed by atoms with E-state index < -0.39 is 11.6 Å². The minimum absolute atomic E-state index is 0.311. The maximum Gasteiger partial charge on any atom is 0.412 e. The molecule has 122 valence electrons. The predicted octanol–water partition coefficient (Wildman–Crippen LogP) is 4.59. The standard InChI is InChI=1S/C17H20N2O3S/c1-11-5-7-12(8-6-11)18-15(20)14-13(9-10-23-14)19(16(21)22)17(2,3)4/h5-10H,1-4H3,(H,18,20)(H,21,22). The molecule has 0 spiro atoms. The fraction of sp³-hybridized carbons (Fsp3) is 0.294. The van der Waals surface area contributed by atoms with Gasteiger partial charge in [0.1, 0.15) is 4.88 Å². The molecule has 2 amide bonds. The maximum absolute atomic E-state index is 12.5. The van der Waals surface area contributed by atoms with Gasteiger partial charge in [0.15, 0.2) is 0 Å². The van der Waals surface area contributed by atoms with Crippen molar-refractivity contribution in [1.29, 1.82) is 0 Å². The van der Waals surface area contributed by atoms with Crippen LogP contribution in [0, 0.1) is 6.92 Å². The highest BCUT2D eigenvalue weighted by Gasteiger charge is 2.31. The number of benzene rings is 1. The van der Waals surface area contributed by atoms with Crippen LogP contribution in [0.3, 0.4) is 0 Å². The highest BCUT2D eigenvalue weighted by atomic mass is 32.1.